The van der Waals surface area contributed by atoms with E-state index in [0.717, 1.165) is 27.2 Å². The lowest BCUT2D eigenvalue weighted by Gasteiger charge is -2.05. The molecule has 0 fully saturated rings. The van der Waals surface area contributed by atoms with Gasteiger partial charge in [-0.1, -0.05) is 12.1 Å². The fraction of sp³-hybridized carbons (Fsp3) is 0.154. The lowest BCUT2D eigenvalue weighted by Crippen LogP contribution is -2.02. The molecule has 0 saturated carbocycles. The standard InChI is InChI=1S/C13H10BrClN2S/c14-12-6-5-9(18-12)8-17-11-4-2-1-3-10(11)16-13(17)7-15/h1-6H,7-8H2. The lowest BCUT2D eigenvalue weighted by molar-refractivity contribution is 0.789. The number of hydrogen-bond acceptors (Lipinski definition) is 2. The minimum absolute atomic E-state index is 0.432. The molecule has 0 N–H and O–H groups in total. The Morgan fingerprint density at radius 2 is 2.06 bits per heavy atom. The van der Waals surface area contributed by atoms with E-state index < -0.39 is 0 Å². The Labute approximate surface area is 122 Å². The number of hydrogen-bond donors (Lipinski definition) is 0. The summed E-state index contributed by atoms with van der Waals surface area (Å²) in [7, 11) is 0. The third-order valence-corrected chi connectivity index (χ3v) is 4.64. The molecule has 0 aliphatic rings. The maximum atomic E-state index is 5.99. The monoisotopic (exact) mass is 340 g/mol. The minimum Gasteiger partial charge on any atom is -0.322 e. The summed E-state index contributed by atoms with van der Waals surface area (Å²) in [4.78, 5) is 5.85. The Balaban J connectivity index is 2.09. The number of para-hydroxylation sites is 2. The molecular formula is C13H10BrClN2S. The van der Waals surface area contributed by atoms with E-state index >= 15 is 0 Å². The molecule has 0 bridgehead atoms. The van der Waals surface area contributed by atoms with Gasteiger partial charge in [-0.2, -0.15) is 0 Å². The van der Waals surface area contributed by atoms with Crippen LogP contribution in [0.5, 0.6) is 0 Å². The predicted octanol–water partition coefficient (Wildman–Crippen LogP) is 4.65. The van der Waals surface area contributed by atoms with Crippen LogP contribution in [0.3, 0.4) is 0 Å². The first kappa shape index (κ1) is 12.2. The Kier molecular flexibility index (Phi) is 3.41. The third kappa shape index (κ3) is 2.20. The quantitative estimate of drug-likeness (QED) is 0.634. The largest absolute Gasteiger partial charge is 0.322 e. The van der Waals surface area contributed by atoms with Crippen LogP contribution in [0.1, 0.15) is 10.7 Å². The van der Waals surface area contributed by atoms with Crippen molar-refractivity contribution in [2.45, 2.75) is 12.4 Å². The van der Waals surface area contributed by atoms with Crippen molar-refractivity contribution in [3.63, 3.8) is 0 Å². The zero-order valence-corrected chi connectivity index (χ0v) is 12.6. The summed E-state index contributed by atoms with van der Waals surface area (Å²) < 4.78 is 3.33. The van der Waals surface area contributed by atoms with E-state index in [4.69, 9.17) is 11.6 Å². The van der Waals surface area contributed by atoms with Crippen molar-refractivity contribution < 1.29 is 0 Å². The molecule has 18 heavy (non-hydrogen) atoms. The van der Waals surface area contributed by atoms with Crippen LogP contribution in [0.2, 0.25) is 0 Å². The first-order chi connectivity index (χ1) is 8.78. The molecule has 0 saturated heterocycles. The van der Waals surface area contributed by atoms with Gasteiger partial charge >= 0.3 is 0 Å². The van der Waals surface area contributed by atoms with Crippen LogP contribution < -0.4 is 0 Å². The molecule has 0 radical (unpaired) electrons. The summed E-state index contributed by atoms with van der Waals surface area (Å²) in [5.41, 5.74) is 2.14. The lowest BCUT2D eigenvalue weighted by atomic mass is 10.3. The molecule has 0 aliphatic heterocycles. The number of thiophene rings is 1. The fourth-order valence-electron chi connectivity index (χ4n) is 2.00. The van der Waals surface area contributed by atoms with Crippen LogP contribution in [0.4, 0.5) is 0 Å². The second kappa shape index (κ2) is 5.03. The molecule has 92 valence electrons. The first-order valence-corrected chi connectivity index (χ1v) is 7.66. The summed E-state index contributed by atoms with van der Waals surface area (Å²) in [5.74, 6) is 1.35. The number of nitrogens with zero attached hydrogens (tertiary/aromatic N) is 2. The van der Waals surface area contributed by atoms with Gasteiger partial charge in [0.2, 0.25) is 0 Å². The van der Waals surface area contributed by atoms with Crippen molar-refractivity contribution in [2.24, 2.45) is 0 Å². The van der Waals surface area contributed by atoms with Gasteiger partial charge < -0.3 is 4.57 Å². The molecule has 2 nitrogen and oxygen atoms in total. The molecule has 0 unspecified atom stereocenters. The Morgan fingerprint density at radius 3 is 2.78 bits per heavy atom. The number of imidazole rings is 1. The molecule has 0 aliphatic carbocycles. The number of alkyl halides is 1. The summed E-state index contributed by atoms with van der Waals surface area (Å²) in [6.45, 7) is 0.818. The van der Waals surface area contributed by atoms with Gasteiger partial charge in [-0.3, -0.25) is 0 Å². The number of rotatable bonds is 3. The number of aromatic nitrogens is 2. The molecule has 0 amide bonds. The summed E-state index contributed by atoms with van der Waals surface area (Å²) >= 11 is 11.2. The zero-order chi connectivity index (χ0) is 12.5. The van der Waals surface area contributed by atoms with E-state index in [1.165, 1.54) is 4.88 Å². The molecule has 2 aromatic heterocycles. The first-order valence-electron chi connectivity index (χ1n) is 5.52. The van der Waals surface area contributed by atoms with E-state index in [1.54, 1.807) is 11.3 Å². The van der Waals surface area contributed by atoms with Crippen molar-refractivity contribution in [2.75, 3.05) is 0 Å². The van der Waals surface area contributed by atoms with Gasteiger partial charge in [0.25, 0.3) is 0 Å². The maximum Gasteiger partial charge on any atom is 0.125 e. The summed E-state index contributed by atoms with van der Waals surface area (Å²) in [6, 6.07) is 12.3. The van der Waals surface area contributed by atoms with Crippen molar-refractivity contribution in [3.8, 4) is 0 Å². The van der Waals surface area contributed by atoms with E-state index in [-0.39, 0.29) is 0 Å². The highest BCUT2D eigenvalue weighted by molar-refractivity contribution is 9.11. The van der Waals surface area contributed by atoms with Crippen molar-refractivity contribution in [3.05, 3.63) is 50.9 Å². The van der Waals surface area contributed by atoms with E-state index in [9.17, 15) is 0 Å². The molecule has 0 atom stereocenters. The van der Waals surface area contributed by atoms with Crippen LogP contribution in [0, 0.1) is 0 Å². The number of halogens is 2. The molecule has 3 aromatic rings. The highest BCUT2D eigenvalue weighted by atomic mass is 79.9. The molecular weight excluding hydrogens is 332 g/mol. The van der Waals surface area contributed by atoms with E-state index in [1.807, 2.05) is 18.2 Å². The van der Waals surface area contributed by atoms with Gasteiger partial charge in [0, 0.05) is 4.88 Å². The van der Waals surface area contributed by atoms with E-state index in [2.05, 4.69) is 43.7 Å². The van der Waals surface area contributed by atoms with Gasteiger partial charge in [0.15, 0.2) is 0 Å². The highest BCUT2D eigenvalue weighted by Crippen LogP contribution is 2.25. The highest BCUT2D eigenvalue weighted by Gasteiger charge is 2.10. The average Bonchev–Trinajstić information content (AvgIpc) is 2.94. The smallest absolute Gasteiger partial charge is 0.125 e. The van der Waals surface area contributed by atoms with Gasteiger partial charge in [-0.05, 0) is 40.2 Å². The zero-order valence-electron chi connectivity index (χ0n) is 9.44. The molecule has 5 heteroatoms. The predicted molar refractivity (Wildman–Crippen MR) is 80.4 cm³/mol. The second-order valence-electron chi connectivity index (χ2n) is 3.94. The molecule has 0 spiro atoms. The molecule has 1 aromatic carbocycles. The third-order valence-electron chi connectivity index (χ3n) is 2.80. The van der Waals surface area contributed by atoms with Crippen LogP contribution in [0.25, 0.3) is 11.0 Å². The van der Waals surface area contributed by atoms with Crippen LogP contribution in [-0.4, -0.2) is 9.55 Å². The number of fused-ring (bicyclic) bond motifs is 1. The van der Waals surface area contributed by atoms with Gasteiger partial charge in [0.1, 0.15) is 5.82 Å². The van der Waals surface area contributed by atoms with Crippen LogP contribution in [0.15, 0.2) is 40.2 Å². The van der Waals surface area contributed by atoms with Gasteiger partial charge in [0.05, 0.1) is 27.2 Å². The topological polar surface area (TPSA) is 17.8 Å². The fourth-order valence-corrected chi connectivity index (χ4v) is 3.67. The van der Waals surface area contributed by atoms with Gasteiger partial charge in [-0.15, -0.1) is 22.9 Å². The van der Waals surface area contributed by atoms with E-state index in [0.29, 0.717) is 5.88 Å². The summed E-state index contributed by atoms with van der Waals surface area (Å²) in [5, 5.41) is 0. The SMILES string of the molecule is ClCc1nc2ccccc2n1Cc1ccc(Br)s1. The summed E-state index contributed by atoms with van der Waals surface area (Å²) in [6.07, 6.45) is 0. The second-order valence-corrected chi connectivity index (χ2v) is 6.76. The Morgan fingerprint density at radius 1 is 1.22 bits per heavy atom. The van der Waals surface area contributed by atoms with Crippen molar-refractivity contribution in [1.29, 1.82) is 0 Å². The van der Waals surface area contributed by atoms with Crippen LogP contribution >= 0.6 is 38.9 Å². The minimum atomic E-state index is 0.432. The maximum absolute atomic E-state index is 5.99. The van der Waals surface area contributed by atoms with Crippen molar-refractivity contribution in [1.82, 2.24) is 9.55 Å². The normalized spacial score (nSPS) is 11.2. The molecule has 3 rings (SSSR count). The number of benzene rings is 1. The van der Waals surface area contributed by atoms with Crippen molar-refractivity contribution >= 4 is 49.9 Å². The average molecular weight is 342 g/mol. The Hall–Kier alpha value is -0.840. The van der Waals surface area contributed by atoms with Crippen LogP contribution in [-0.2, 0) is 12.4 Å². The van der Waals surface area contributed by atoms with Gasteiger partial charge in [-0.25, -0.2) is 4.98 Å². The Bertz CT molecular complexity index is 689. The molecule has 2 heterocycles.